The van der Waals surface area contributed by atoms with Gasteiger partial charge in [-0.15, -0.1) is 0 Å². The summed E-state index contributed by atoms with van der Waals surface area (Å²) < 4.78 is 5.01. The number of carbonyl (C=O) groups excluding carboxylic acids is 1. The lowest BCUT2D eigenvalue weighted by Crippen LogP contribution is -2.34. The number of nitrogens with zero attached hydrogens (tertiary/aromatic N) is 2. The largest absolute Gasteiger partial charge is 0.481 e. The van der Waals surface area contributed by atoms with Crippen LogP contribution in [0.15, 0.2) is 47.0 Å². The van der Waals surface area contributed by atoms with Crippen molar-refractivity contribution in [1.29, 1.82) is 0 Å². The van der Waals surface area contributed by atoms with Crippen LogP contribution in [-0.2, 0) is 22.4 Å². The van der Waals surface area contributed by atoms with Gasteiger partial charge in [0, 0.05) is 19.4 Å². The molecule has 0 bridgehead atoms. The maximum absolute atomic E-state index is 12.1. The highest BCUT2D eigenvalue weighted by molar-refractivity contribution is 5.86. The van der Waals surface area contributed by atoms with Crippen LogP contribution in [0, 0.1) is 12.8 Å². The Kier molecular flexibility index (Phi) is 6.37. The van der Waals surface area contributed by atoms with Gasteiger partial charge in [-0.1, -0.05) is 47.6 Å². The van der Waals surface area contributed by atoms with Crippen LogP contribution in [0.4, 0.5) is 0 Å². The standard InChI is InChI=1S/C21H23N3O4/c1-14-23-20(28-24-14)11-5-10-19(25)22-13-17(21(26)27)12-16-8-4-7-15-6-2-3-9-18(15)16/h2-4,6-9,17H,5,10-13H2,1H3,(H,22,25)(H,26,27). The second-order valence-electron chi connectivity index (χ2n) is 6.77. The van der Waals surface area contributed by atoms with Crippen molar-refractivity contribution in [3.05, 3.63) is 59.7 Å². The third-order valence-electron chi connectivity index (χ3n) is 4.61. The number of aromatic nitrogens is 2. The minimum absolute atomic E-state index is 0.0943. The number of hydrogen-bond donors (Lipinski definition) is 2. The summed E-state index contributed by atoms with van der Waals surface area (Å²) in [6.45, 7) is 1.83. The molecule has 0 aliphatic heterocycles. The maximum atomic E-state index is 12.1. The number of amides is 1. The molecule has 0 aliphatic carbocycles. The van der Waals surface area contributed by atoms with E-state index in [4.69, 9.17) is 4.52 Å². The zero-order valence-corrected chi connectivity index (χ0v) is 15.7. The minimum Gasteiger partial charge on any atom is -0.481 e. The van der Waals surface area contributed by atoms with E-state index in [9.17, 15) is 14.7 Å². The van der Waals surface area contributed by atoms with Gasteiger partial charge in [0.25, 0.3) is 0 Å². The smallest absolute Gasteiger partial charge is 0.308 e. The maximum Gasteiger partial charge on any atom is 0.308 e. The van der Waals surface area contributed by atoms with Crippen LogP contribution >= 0.6 is 0 Å². The molecule has 3 aromatic rings. The molecule has 1 heterocycles. The molecule has 1 atom stereocenters. The van der Waals surface area contributed by atoms with Gasteiger partial charge >= 0.3 is 5.97 Å². The molecule has 0 saturated carbocycles. The van der Waals surface area contributed by atoms with E-state index in [-0.39, 0.29) is 18.9 Å². The topological polar surface area (TPSA) is 105 Å². The Morgan fingerprint density at radius 1 is 1.18 bits per heavy atom. The molecular weight excluding hydrogens is 358 g/mol. The Hall–Kier alpha value is -3.22. The van der Waals surface area contributed by atoms with Crippen molar-refractivity contribution in [1.82, 2.24) is 15.5 Å². The molecule has 146 valence electrons. The van der Waals surface area contributed by atoms with Gasteiger partial charge in [-0.3, -0.25) is 9.59 Å². The van der Waals surface area contributed by atoms with Gasteiger partial charge < -0.3 is 14.9 Å². The second kappa shape index (κ2) is 9.12. The van der Waals surface area contributed by atoms with Gasteiger partial charge in [-0.2, -0.15) is 4.98 Å². The molecular formula is C21H23N3O4. The number of nitrogens with one attached hydrogen (secondary N) is 1. The van der Waals surface area contributed by atoms with Crippen molar-refractivity contribution in [2.75, 3.05) is 6.54 Å². The molecule has 1 aromatic heterocycles. The first-order chi connectivity index (χ1) is 13.5. The Bertz CT molecular complexity index is 962. The number of fused-ring (bicyclic) bond motifs is 1. The second-order valence-corrected chi connectivity index (χ2v) is 6.77. The van der Waals surface area contributed by atoms with Gasteiger partial charge in [0.1, 0.15) is 0 Å². The van der Waals surface area contributed by atoms with Crippen LogP contribution in [0.3, 0.4) is 0 Å². The van der Waals surface area contributed by atoms with Crippen LogP contribution in [0.25, 0.3) is 10.8 Å². The molecule has 0 spiro atoms. The van der Waals surface area contributed by atoms with Crippen LogP contribution in [0.5, 0.6) is 0 Å². The molecule has 2 aromatic carbocycles. The minimum atomic E-state index is -0.922. The predicted octanol–water partition coefficient (Wildman–Crippen LogP) is 2.91. The first-order valence-corrected chi connectivity index (χ1v) is 9.28. The molecule has 0 saturated heterocycles. The third kappa shape index (κ3) is 5.16. The number of aliphatic carboxylic acids is 1. The summed E-state index contributed by atoms with van der Waals surface area (Å²) >= 11 is 0. The van der Waals surface area contributed by atoms with Crippen LogP contribution in [0.2, 0.25) is 0 Å². The third-order valence-corrected chi connectivity index (χ3v) is 4.61. The zero-order chi connectivity index (χ0) is 19.9. The summed E-state index contributed by atoms with van der Waals surface area (Å²) in [5.74, 6) is -0.717. The number of rotatable bonds is 9. The molecule has 1 unspecified atom stereocenters. The average molecular weight is 381 g/mol. The summed E-state index contributed by atoms with van der Waals surface area (Å²) in [5, 5.41) is 18.1. The van der Waals surface area contributed by atoms with E-state index in [0.29, 0.717) is 31.0 Å². The number of carboxylic acid groups (broad SMARTS) is 1. The highest BCUT2D eigenvalue weighted by atomic mass is 16.5. The van der Waals surface area contributed by atoms with E-state index in [1.54, 1.807) is 6.92 Å². The lowest BCUT2D eigenvalue weighted by molar-refractivity contribution is -0.141. The summed E-state index contributed by atoms with van der Waals surface area (Å²) in [6.07, 6.45) is 1.72. The Morgan fingerprint density at radius 2 is 1.96 bits per heavy atom. The Labute approximate surface area is 162 Å². The number of hydrogen-bond acceptors (Lipinski definition) is 5. The lowest BCUT2D eigenvalue weighted by atomic mass is 9.94. The molecule has 28 heavy (non-hydrogen) atoms. The monoisotopic (exact) mass is 381 g/mol. The van der Waals surface area contributed by atoms with Crippen LogP contribution in [0.1, 0.15) is 30.1 Å². The summed E-state index contributed by atoms with van der Waals surface area (Å²) in [7, 11) is 0. The lowest BCUT2D eigenvalue weighted by Gasteiger charge is -2.15. The highest BCUT2D eigenvalue weighted by Gasteiger charge is 2.20. The summed E-state index contributed by atoms with van der Waals surface area (Å²) in [6, 6.07) is 13.7. The van der Waals surface area contributed by atoms with Crippen molar-refractivity contribution in [2.45, 2.75) is 32.6 Å². The van der Waals surface area contributed by atoms with Crippen molar-refractivity contribution < 1.29 is 19.2 Å². The quantitative estimate of drug-likeness (QED) is 0.590. The number of benzene rings is 2. The fourth-order valence-corrected chi connectivity index (χ4v) is 3.15. The van der Waals surface area contributed by atoms with E-state index in [1.807, 2.05) is 42.5 Å². The Balaban J connectivity index is 1.53. The average Bonchev–Trinajstić information content (AvgIpc) is 3.10. The van der Waals surface area contributed by atoms with Gasteiger partial charge in [0.15, 0.2) is 5.82 Å². The van der Waals surface area contributed by atoms with Crippen molar-refractivity contribution in [2.24, 2.45) is 5.92 Å². The van der Waals surface area contributed by atoms with Gasteiger partial charge in [0.05, 0.1) is 5.92 Å². The first kappa shape index (κ1) is 19.5. The summed E-state index contributed by atoms with van der Waals surface area (Å²) in [4.78, 5) is 27.8. The van der Waals surface area contributed by atoms with E-state index in [1.165, 1.54) is 0 Å². The van der Waals surface area contributed by atoms with E-state index < -0.39 is 11.9 Å². The number of carbonyl (C=O) groups is 2. The molecule has 0 aliphatic rings. The molecule has 7 heteroatoms. The Morgan fingerprint density at radius 3 is 2.71 bits per heavy atom. The zero-order valence-electron chi connectivity index (χ0n) is 15.7. The normalized spacial score (nSPS) is 12.0. The number of aryl methyl sites for hydroxylation is 2. The van der Waals surface area contributed by atoms with E-state index >= 15 is 0 Å². The van der Waals surface area contributed by atoms with Gasteiger partial charge in [0.2, 0.25) is 11.8 Å². The van der Waals surface area contributed by atoms with Gasteiger partial charge in [-0.25, -0.2) is 0 Å². The highest BCUT2D eigenvalue weighted by Crippen LogP contribution is 2.21. The summed E-state index contributed by atoms with van der Waals surface area (Å²) in [5.41, 5.74) is 0.964. The fraction of sp³-hybridized carbons (Fsp3) is 0.333. The van der Waals surface area contributed by atoms with E-state index in [2.05, 4.69) is 15.5 Å². The number of carboxylic acids is 1. The van der Waals surface area contributed by atoms with E-state index in [0.717, 1.165) is 16.3 Å². The molecule has 0 fully saturated rings. The molecule has 0 radical (unpaired) electrons. The van der Waals surface area contributed by atoms with Crippen LogP contribution in [-0.4, -0.2) is 33.7 Å². The van der Waals surface area contributed by atoms with Crippen molar-refractivity contribution >= 4 is 22.6 Å². The SMILES string of the molecule is Cc1noc(CCCC(=O)NCC(Cc2cccc3ccccc23)C(=O)O)n1. The molecule has 1 amide bonds. The molecule has 2 N–H and O–H groups in total. The molecule has 7 nitrogen and oxygen atoms in total. The predicted molar refractivity (Wildman–Crippen MR) is 104 cm³/mol. The molecule has 3 rings (SSSR count). The van der Waals surface area contributed by atoms with Crippen LogP contribution < -0.4 is 5.32 Å². The van der Waals surface area contributed by atoms with Crippen molar-refractivity contribution in [3.8, 4) is 0 Å². The van der Waals surface area contributed by atoms with Crippen molar-refractivity contribution in [3.63, 3.8) is 0 Å². The van der Waals surface area contributed by atoms with Gasteiger partial charge in [-0.05, 0) is 36.1 Å². The fourth-order valence-electron chi connectivity index (χ4n) is 3.15. The first-order valence-electron chi connectivity index (χ1n) is 9.28.